The van der Waals surface area contributed by atoms with Crippen LogP contribution in [-0.4, -0.2) is 23.0 Å². The first-order chi connectivity index (χ1) is 14.8. The molecule has 3 aromatic carbocycles. The Bertz CT molecular complexity index is 1130. The third kappa shape index (κ3) is 4.28. The molecule has 2 N–H and O–H groups in total. The van der Waals surface area contributed by atoms with Gasteiger partial charge in [0.2, 0.25) is 5.91 Å². The maximum Gasteiger partial charge on any atom is 0.335 e. The van der Waals surface area contributed by atoms with Crippen LogP contribution in [0.4, 0.5) is 11.4 Å². The van der Waals surface area contributed by atoms with Gasteiger partial charge in [0.05, 0.1) is 11.6 Å². The lowest BCUT2D eigenvalue weighted by atomic mass is 9.88. The van der Waals surface area contributed by atoms with Gasteiger partial charge in [0.15, 0.2) is 0 Å². The van der Waals surface area contributed by atoms with Gasteiger partial charge in [-0.05, 0) is 78.6 Å². The van der Waals surface area contributed by atoms with Crippen LogP contribution in [0.5, 0.6) is 0 Å². The molecule has 1 aliphatic heterocycles. The quantitative estimate of drug-likeness (QED) is 0.528. The van der Waals surface area contributed by atoms with E-state index in [0.717, 1.165) is 34.5 Å². The van der Waals surface area contributed by atoms with Crippen molar-refractivity contribution < 1.29 is 14.7 Å². The molecule has 0 aliphatic carbocycles. The first-order valence-electron chi connectivity index (χ1n) is 10.1. The van der Waals surface area contributed by atoms with Crippen LogP contribution in [0, 0.1) is 0 Å². The van der Waals surface area contributed by atoms with Crippen LogP contribution >= 0.6 is 11.6 Å². The standard InChI is InChI=1S/C25H23ClN2O3/c1-15-13-23(27-21-10-8-20(26)9-11-21)22-14-19(7-12-24(22)28(15)16(2)29)17-3-5-18(6-4-17)25(30)31/h3-12,14-15,23,27H,13H2,1-2H3,(H,30,31)/t15-,23-/m0/s1. The van der Waals surface area contributed by atoms with E-state index in [4.69, 9.17) is 16.7 Å². The van der Waals surface area contributed by atoms with E-state index in [0.29, 0.717) is 5.02 Å². The third-order valence-electron chi connectivity index (χ3n) is 5.67. The summed E-state index contributed by atoms with van der Waals surface area (Å²) >= 11 is 6.02. The van der Waals surface area contributed by atoms with Crippen molar-refractivity contribution in [1.82, 2.24) is 0 Å². The fourth-order valence-corrected chi connectivity index (χ4v) is 4.34. The first-order valence-corrected chi connectivity index (χ1v) is 10.5. The summed E-state index contributed by atoms with van der Waals surface area (Å²) in [5.74, 6) is -0.937. The van der Waals surface area contributed by atoms with Gasteiger partial charge in [-0.3, -0.25) is 4.79 Å². The maximum atomic E-state index is 12.4. The highest BCUT2D eigenvalue weighted by molar-refractivity contribution is 6.30. The molecule has 0 saturated carbocycles. The van der Waals surface area contributed by atoms with E-state index < -0.39 is 5.97 Å². The summed E-state index contributed by atoms with van der Waals surface area (Å²) in [7, 11) is 0. The maximum absolute atomic E-state index is 12.4. The van der Waals surface area contributed by atoms with Crippen LogP contribution < -0.4 is 10.2 Å². The van der Waals surface area contributed by atoms with E-state index >= 15 is 0 Å². The molecule has 0 unspecified atom stereocenters. The van der Waals surface area contributed by atoms with Gasteiger partial charge in [0.1, 0.15) is 0 Å². The number of hydrogen-bond donors (Lipinski definition) is 2. The van der Waals surface area contributed by atoms with Crippen LogP contribution in [0.3, 0.4) is 0 Å². The van der Waals surface area contributed by atoms with E-state index in [2.05, 4.69) is 18.3 Å². The number of carboxylic acid groups (broad SMARTS) is 1. The molecule has 4 rings (SSSR count). The number of carboxylic acids is 1. The van der Waals surface area contributed by atoms with E-state index in [9.17, 15) is 9.59 Å². The van der Waals surface area contributed by atoms with Crippen molar-refractivity contribution in [2.24, 2.45) is 0 Å². The molecule has 0 fully saturated rings. The minimum absolute atomic E-state index is 0.0113. The Morgan fingerprint density at radius 1 is 1.00 bits per heavy atom. The van der Waals surface area contributed by atoms with Gasteiger partial charge in [-0.1, -0.05) is 29.8 Å². The number of fused-ring (bicyclic) bond motifs is 1. The van der Waals surface area contributed by atoms with Crippen molar-refractivity contribution in [1.29, 1.82) is 0 Å². The number of carbonyl (C=O) groups is 2. The van der Waals surface area contributed by atoms with Crippen LogP contribution in [0.1, 0.15) is 42.2 Å². The third-order valence-corrected chi connectivity index (χ3v) is 5.92. The molecule has 3 aromatic rings. The highest BCUT2D eigenvalue weighted by Crippen LogP contribution is 2.41. The SMILES string of the molecule is CC(=O)N1c2ccc(-c3ccc(C(=O)O)cc3)cc2[C@@H](Nc2ccc(Cl)cc2)C[C@@H]1C. The largest absolute Gasteiger partial charge is 0.478 e. The molecule has 6 heteroatoms. The number of nitrogens with one attached hydrogen (secondary N) is 1. The number of nitrogens with zero attached hydrogens (tertiary/aromatic N) is 1. The van der Waals surface area contributed by atoms with Gasteiger partial charge in [-0.2, -0.15) is 0 Å². The second-order valence-electron chi connectivity index (χ2n) is 7.83. The number of anilines is 2. The highest BCUT2D eigenvalue weighted by atomic mass is 35.5. The Hall–Kier alpha value is -3.31. The Kier molecular flexibility index (Phi) is 5.70. The molecule has 5 nitrogen and oxygen atoms in total. The van der Waals surface area contributed by atoms with Crippen LogP contribution in [-0.2, 0) is 4.79 Å². The zero-order chi connectivity index (χ0) is 22.1. The molecule has 158 valence electrons. The van der Waals surface area contributed by atoms with Crippen LogP contribution in [0.25, 0.3) is 11.1 Å². The smallest absolute Gasteiger partial charge is 0.335 e. The van der Waals surface area contributed by atoms with Gasteiger partial charge < -0.3 is 15.3 Å². The fourth-order valence-electron chi connectivity index (χ4n) is 4.21. The lowest BCUT2D eigenvalue weighted by Crippen LogP contribution is -2.43. The van der Waals surface area contributed by atoms with Crippen molar-refractivity contribution in [3.63, 3.8) is 0 Å². The highest BCUT2D eigenvalue weighted by Gasteiger charge is 2.32. The van der Waals surface area contributed by atoms with Gasteiger partial charge in [-0.15, -0.1) is 0 Å². The zero-order valence-corrected chi connectivity index (χ0v) is 18.1. The normalized spacial score (nSPS) is 17.7. The lowest BCUT2D eigenvalue weighted by Gasteiger charge is -2.39. The first kappa shape index (κ1) is 20.9. The van der Waals surface area contributed by atoms with Crippen molar-refractivity contribution in [3.8, 4) is 11.1 Å². The molecule has 0 spiro atoms. The van der Waals surface area contributed by atoms with E-state index in [1.807, 2.05) is 41.3 Å². The second kappa shape index (κ2) is 8.44. The van der Waals surface area contributed by atoms with Crippen LogP contribution in [0.2, 0.25) is 5.02 Å². The Balaban J connectivity index is 1.75. The summed E-state index contributed by atoms with van der Waals surface area (Å²) < 4.78 is 0. The monoisotopic (exact) mass is 434 g/mol. The van der Waals surface area contributed by atoms with Crippen molar-refractivity contribution in [2.45, 2.75) is 32.4 Å². The molecule has 1 aliphatic rings. The summed E-state index contributed by atoms with van der Waals surface area (Å²) in [6, 6.07) is 20.5. The number of amides is 1. The molecule has 0 bridgehead atoms. The summed E-state index contributed by atoms with van der Waals surface area (Å²) in [4.78, 5) is 25.4. The summed E-state index contributed by atoms with van der Waals surface area (Å²) in [5, 5.41) is 13.4. The van der Waals surface area contributed by atoms with Crippen molar-refractivity contribution in [3.05, 3.63) is 82.9 Å². The predicted octanol–water partition coefficient (Wildman–Crippen LogP) is 6.00. The summed E-state index contributed by atoms with van der Waals surface area (Å²) in [6.07, 6.45) is 0.761. The number of halogens is 1. The Morgan fingerprint density at radius 2 is 1.65 bits per heavy atom. The summed E-state index contributed by atoms with van der Waals surface area (Å²) in [6.45, 7) is 3.64. The molecule has 1 amide bonds. The molecule has 31 heavy (non-hydrogen) atoms. The topological polar surface area (TPSA) is 69.6 Å². The van der Waals surface area contributed by atoms with Gasteiger partial charge in [-0.25, -0.2) is 4.79 Å². The van der Waals surface area contributed by atoms with Crippen molar-refractivity contribution >= 4 is 34.9 Å². The number of carbonyl (C=O) groups excluding carboxylic acids is 1. The minimum Gasteiger partial charge on any atom is -0.478 e. The number of rotatable bonds is 4. The van der Waals surface area contributed by atoms with E-state index in [1.54, 1.807) is 31.2 Å². The molecule has 2 atom stereocenters. The number of aromatic carboxylic acids is 1. The molecule has 0 aromatic heterocycles. The van der Waals surface area contributed by atoms with Crippen LogP contribution in [0.15, 0.2) is 66.7 Å². The number of benzene rings is 3. The number of hydrogen-bond acceptors (Lipinski definition) is 3. The molecular formula is C25H23ClN2O3. The van der Waals surface area contributed by atoms with Crippen molar-refractivity contribution in [2.75, 3.05) is 10.2 Å². The van der Waals surface area contributed by atoms with Gasteiger partial charge in [0.25, 0.3) is 0 Å². The molecular weight excluding hydrogens is 412 g/mol. The predicted molar refractivity (Wildman–Crippen MR) is 124 cm³/mol. The van der Waals surface area contributed by atoms with E-state index in [1.165, 1.54) is 0 Å². The summed E-state index contributed by atoms with van der Waals surface area (Å²) in [5.41, 5.74) is 5.02. The Morgan fingerprint density at radius 3 is 2.26 bits per heavy atom. The minimum atomic E-state index is -0.949. The zero-order valence-electron chi connectivity index (χ0n) is 17.3. The molecule has 1 heterocycles. The fraction of sp³-hybridized carbons (Fsp3) is 0.200. The average Bonchev–Trinajstić information content (AvgIpc) is 2.75. The van der Waals surface area contributed by atoms with Gasteiger partial charge >= 0.3 is 5.97 Å². The average molecular weight is 435 g/mol. The molecule has 0 radical (unpaired) electrons. The Labute approximate surface area is 186 Å². The second-order valence-corrected chi connectivity index (χ2v) is 8.27. The van der Waals surface area contributed by atoms with Gasteiger partial charge in [0, 0.05) is 29.4 Å². The van der Waals surface area contributed by atoms with E-state index in [-0.39, 0.29) is 23.6 Å². The lowest BCUT2D eigenvalue weighted by molar-refractivity contribution is -0.117. The molecule has 0 saturated heterocycles.